The van der Waals surface area contributed by atoms with Crippen molar-refractivity contribution in [2.45, 2.75) is 19.9 Å². The first kappa shape index (κ1) is 9.42. The summed E-state index contributed by atoms with van der Waals surface area (Å²) in [7, 11) is 1.96. The van der Waals surface area contributed by atoms with Gasteiger partial charge in [-0.1, -0.05) is 11.6 Å². The van der Waals surface area contributed by atoms with E-state index in [0.29, 0.717) is 6.04 Å². The van der Waals surface area contributed by atoms with E-state index >= 15 is 0 Å². The molecule has 1 heterocycles. The monoisotopic (exact) mass is 182 g/mol. The summed E-state index contributed by atoms with van der Waals surface area (Å²) in [6.45, 7) is 4.21. The van der Waals surface area contributed by atoms with Gasteiger partial charge in [-0.05, 0) is 20.9 Å². The van der Waals surface area contributed by atoms with Gasteiger partial charge < -0.3 is 5.32 Å². The molecule has 1 aromatic heterocycles. The van der Waals surface area contributed by atoms with Crippen LogP contribution >= 0.6 is 11.3 Å². The summed E-state index contributed by atoms with van der Waals surface area (Å²) in [6, 6.07) is 0.322. The highest BCUT2D eigenvalue weighted by Crippen LogP contribution is 2.18. The molecule has 0 saturated heterocycles. The number of hydrogen-bond acceptors (Lipinski definition) is 3. The van der Waals surface area contributed by atoms with E-state index in [1.807, 2.05) is 18.8 Å². The molecule has 1 atom stereocenters. The summed E-state index contributed by atoms with van der Waals surface area (Å²) < 4.78 is 0. The van der Waals surface area contributed by atoms with Crippen molar-refractivity contribution in [2.75, 3.05) is 7.05 Å². The number of rotatable bonds is 3. The summed E-state index contributed by atoms with van der Waals surface area (Å²) in [5, 5.41) is 3.23. The molecule has 0 aliphatic rings. The fourth-order valence-corrected chi connectivity index (χ4v) is 1.72. The number of allylic oxidation sites excluding steroid dienone is 1. The zero-order valence-corrected chi connectivity index (χ0v) is 8.48. The number of aromatic nitrogens is 1. The average molecular weight is 182 g/mol. The molecule has 0 aliphatic carbocycles. The molecule has 1 rings (SSSR count). The lowest BCUT2D eigenvalue weighted by atomic mass is 10.2. The zero-order valence-electron chi connectivity index (χ0n) is 7.66. The third-order valence-electron chi connectivity index (χ3n) is 1.57. The molecular formula is C9H14N2S. The molecule has 0 bridgehead atoms. The van der Waals surface area contributed by atoms with E-state index in [9.17, 15) is 0 Å². The molecule has 0 radical (unpaired) electrons. The number of hydrogen-bond donors (Lipinski definition) is 1. The quantitative estimate of drug-likeness (QED) is 0.726. The van der Waals surface area contributed by atoms with Crippen molar-refractivity contribution >= 4 is 11.3 Å². The fraction of sp³-hybridized carbons (Fsp3) is 0.444. The summed E-state index contributed by atoms with van der Waals surface area (Å²) >= 11 is 1.68. The molecular weight excluding hydrogens is 168 g/mol. The van der Waals surface area contributed by atoms with E-state index in [1.54, 1.807) is 11.3 Å². The number of likely N-dealkylation sites (N-methyl/N-ethyl adjacent to an activating group) is 1. The highest BCUT2D eigenvalue weighted by Gasteiger charge is 2.06. The van der Waals surface area contributed by atoms with Gasteiger partial charge in [0.1, 0.15) is 0 Å². The Morgan fingerprint density at radius 3 is 2.83 bits per heavy atom. The van der Waals surface area contributed by atoms with E-state index in [-0.39, 0.29) is 0 Å². The number of nitrogens with zero attached hydrogens (tertiary/aromatic N) is 1. The smallest absolute Gasteiger partial charge is 0.0794 e. The predicted octanol–water partition coefficient (Wildman–Crippen LogP) is 2.37. The molecule has 12 heavy (non-hydrogen) atoms. The molecule has 66 valence electrons. The van der Waals surface area contributed by atoms with E-state index in [0.717, 1.165) is 0 Å². The minimum atomic E-state index is 0.322. The van der Waals surface area contributed by atoms with Crippen LogP contribution in [-0.2, 0) is 0 Å². The van der Waals surface area contributed by atoms with Gasteiger partial charge in [0.05, 0.1) is 11.6 Å². The first-order valence-corrected chi connectivity index (χ1v) is 4.82. The standard InChI is InChI=1S/C9H14N2S/c1-7(2)4-8(10-3)9-5-11-6-12-9/h4-6,8,10H,1-3H3. The predicted molar refractivity (Wildman–Crippen MR) is 53.3 cm³/mol. The maximum absolute atomic E-state index is 4.05. The van der Waals surface area contributed by atoms with Gasteiger partial charge in [0.2, 0.25) is 0 Å². The van der Waals surface area contributed by atoms with Crippen LogP contribution in [0.5, 0.6) is 0 Å². The van der Waals surface area contributed by atoms with Crippen LogP contribution in [0.3, 0.4) is 0 Å². The van der Waals surface area contributed by atoms with Crippen LogP contribution in [0.4, 0.5) is 0 Å². The second kappa shape index (κ2) is 4.38. The van der Waals surface area contributed by atoms with Crippen LogP contribution in [0.2, 0.25) is 0 Å². The van der Waals surface area contributed by atoms with E-state index in [4.69, 9.17) is 0 Å². The van der Waals surface area contributed by atoms with Gasteiger partial charge in [0.25, 0.3) is 0 Å². The Kier molecular flexibility index (Phi) is 3.44. The molecule has 1 aromatic rings. The lowest BCUT2D eigenvalue weighted by molar-refractivity contribution is 0.720. The van der Waals surface area contributed by atoms with Crippen molar-refractivity contribution in [3.05, 3.63) is 28.2 Å². The summed E-state index contributed by atoms with van der Waals surface area (Å²) in [5.41, 5.74) is 3.18. The van der Waals surface area contributed by atoms with Gasteiger partial charge in [-0.25, -0.2) is 0 Å². The van der Waals surface area contributed by atoms with Crippen molar-refractivity contribution in [1.82, 2.24) is 10.3 Å². The van der Waals surface area contributed by atoms with Crippen LogP contribution < -0.4 is 5.32 Å². The first-order valence-electron chi connectivity index (χ1n) is 3.94. The Morgan fingerprint density at radius 2 is 2.42 bits per heavy atom. The third kappa shape index (κ3) is 2.43. The molecule has 0 spiro atoms. The van der Waals surface area contributed by atoms with Crippen LogP contribution in [0.15, 0.2) is 23.4 Å². The molecule has 0 aliphatic heterocycles. The van der Waals surface area contributed by atoms with E-state index < -0.39 is 0 Å². The molecule has 3 heteroatoms. The Morgan fingerprint density at radius 1 is 1.67 bits per heavy atom. The van der Waals surface area contributed by atoms with Crippen LogP contribution in [0.25, 0.3) is 0 Å². The van der Waals surface area contributed by atoms with Gasteiger partial charge in [0, 0.05) is 11.1 Å². The summed E-state index contributed by atoms with van der Waals surface area (Å²) in [4.78, 5) is 5.31. The highest BCUT2D eigenvalue weighted by atomic mass is 32.1. The van der Waals surface area contributed by atoms with Crippen molar-refractivity contribution in [3.8, 4) is 0 Å². The Bertz CT molecular complexity index is 248. The Labute approximate surface area is 77.3 Å². The summed E-state index contributed by atoms with van der Waals surface area (Å²) in [6.07, 6.45) is 4.11. The van der Waals surface area contributed by atoms with Gasteiger partial charge in [-0.3, -0.25) is 4.98 Å². The van der Waals surface area contributed by atoms with Gasteiger partial charge in [-0.15, -0.1) is 11.3 Å². The summed E-state index contributed by atoms with van der Waals surface area (Å²) in [5.74, 6) is 0. The second-order valence-electron chi connectivity index (χ2n) is 2.91. The van der Waals surface area contributed by atoms with Crippen LogP contribution in [0, 0.1) is 0 Å². The molecule has 0 aromatic carbocycles. The fourth-order valence-electron chi connectivity index (χ4n) is 1.02. The number of thiazole rings is 1. The molecule has 0 fully saturated rings. The highest BCUT2D eigenvalue weighted by molar-refractivity contribution is 7.09. The largest absolute Gasteiger partial charge is 0.309 e. The van der Waals surface area contributed by atoms with E-state index in [1.165, 1.54) is 10.5 Å². The minimum Gasteiger partial charge on any atom is -0.309 e. The maximum atomic E-state index is 4.05. The zero-order chi connectivity index (χ0) is 8.97. The van der Waals surface area contributed by atoms with Gasteiger partial charge >= 0.3 is 0 Å². The maximum Gasteiger partial charge on any atom is 0.0794 e. The van der Waals surface area contributed by atoms with Gasteiger partial charge in [0.15, 0.2) is 0 Å². The third-order valence-corrected chi connectivity index (χ3v) is 2.43. The first-order chi connectivity index (χ1) is 5.74. The van der Waals surface area contributed by atoms with Crippen molar-refractivity contribution in [2.24, 2.45) is 0 Å². The second-order valence-corrected chi connectivity index (χ2v) is 3.83. The lowest BCUT2D eigenvalue weighted by Crippen LogP contribution is -2.12. The lowest BCUT2D eigenvalue weighted by Gasteiger charge is -2.08. The molecule has 1 unspecified atom stereocenters. The topological polar surface area (TPSA) is 24.9 Å². The van der Waals surface area contributed by atoms with E-state index in [2.05, 4.69) is 30.2 Å². The van der Waals surface area contributed by atoms with Crippen molar-refractivity contribution in [1.29, 1.82) is 0 Å². The molecule has 0 amide bonds. The molecule has 0 saturated carbocycles. The Balaban J connectivity index is 2.77. The normalized spacial score (nSPS) is 12.6. The number of nitrogens with one attached hydrogen (secondary N) is 1. The molecule has 1 N–H and O–H groups in total. The van der Waals surface area contributed by atoms with Crippen LogP contribution in [-0.4, -0.2) is 12.0 Å². The Hall–Kier alpha value is -0.670. The van der Waals surface area contributed by atoms with Crippen molar-refractivity contribution in [3.63, 3.8) is 0 Å². The SMILES string of the molecule is CNC(C=C(C)C)c1cncs1. The van der Waals surface area contributed by atoms with Gasteiger partial charge in [-0.2, -0.15) is 0 Å². The minimum absolute atomic E-state index is 0.322. The average Bonchev–Trinajstić information content (AvgIpc) is 2.51. The van der Waals surface area contributed by atoms with Crippen molar-refractivity contribution < 1.29 is 0 Å². The molecule has 2 nitrogen and oxygen atoms in total. The van der Waals surface area contributed by atoms with Crippen LogP contribution in [0.1, 0.15) is 24.8 Å².